The first kappa shape index (κ1) is 16.3. The number of piperidine rings is 1. The van der Waals surface area contributed by atoms with Gasteiger partial charge in [0.25, 0.3) is 0 Å². The lowest BCUT2D eigenvalue weighted by Crippen LogP contribution is -2.38. The summed E-state index contributed by atoms with van der Waals surface area (Å²) in [4.78, 5) is 14.7. The molecule has 0 atom stereocenters. The number of amides is 1. The summed E-state index contributed by atoms with van der Waals surface area (Å²) in [6.45, 7) is 3.39. The average molecular weight is 352 g/mol. The van der Waals surface area contributed by atoms with Crippen LogP contribution in [-0.4, -0.2) is 43.9 Å². The van der Waals surface area contributed by atoms with Gasteiger partial charge in [-0.3, -0.25) is 4.79 Å². The van der Waals surface area contributed by atoms with Crippen molar-refractivity contribution in [2.75, 3.05) is 23.3 Å². The van der Waals surface area contributed by atoms with Crippen LogP contribution in [0.3, 0.4) is 0 Å². The Balaban J connectivity index is 1.38. The van der Waals surface area contributed by atoms with Gasteiger partial charge < -0.3 is 15.3 Å². The van der Waals surface area contributed by atoms with Gasteiger partial charge in [0.2, 0.25) is 5.91 Å². The molecular weight excluding hydrogens is 332 g/mol. The molecule has 3 aromatic rings. The molecule has 134 valence electrons. The minimum absolute atomic E-state index is 0.0500. The smallest absolute Gasteiger partial charge is 0.227 e. The first-order chi connectivity index (χ1) is 12.6. The second kappa shape index (κ2) is 6.62. The lowest BCUT2D eigenvalue weighted by atomic mass is 9.95. The molecule has 0 unspecified atom stereocenters. The summed E-state index contributed by atoms with van der Waals surface area (Å²) in [7, 11) is 0. The van der Waals surface area contributed by atoms with Crippen LogP contribution in [-0.2, 0) is 4.79 Å². The quantitative estimate of drug-likeness (QED) is 0.700. The molecule has 1 aromatic carbocycles. The molecule has 1 fully saturated rings. The number of nitrogens with one attached hydrogen (secondary N) is 1. The zero-order chi connectivity index (χ0) is 18.1. The van der Waals surface area contributed by atoms with E-state index in [1.165, 1.54) is 0 Å². The zero-order valence-electron chi connectivity index (χ0n) is 14.5. The molecule has 26 heavy (non-hydrogen) atoms. The molecule has 0 saturated carbocycles. The molecule has 4 rings (SSSR count). The number of aryl methyl sites for hydroxylation is 1. The molecule has 2 N–H and O–H groups in total. The Labute approximate surface area is 150 Å². The van der Waals surface area contributed by atoms with Gasteiger partial charge in [-0.15, -0.1) is 15.3 Å². The maximum Gasteiger partial charge on any atom is 0.227 e. The second-order valence-electron chi connectivity index (χ2n) is 6.60. The fourth-order valence-corrected chi connectivity index (χ4v) is 3.24. The number of carbonyl (C=O) groups excluding carboxylic acids is 1. The van der Waals surface area contributed by atoms with Crippen LogP contribution in [0.1, 0.15) is 18.4 Å². The van der Waals surface area contributed by atoms with Crippen molar-refractivity contribution in [1.29, 1.82) is 0 Å². The Hall–Kier alpha value is -3.16. The average Bonchev–Trinajstić information content (AvgIpc) is 3.12. The summed E-state index contributed by atoms with van der Waals surface area (Å²) in [5.41, 5.74) is 2.12. The molecule has 2 aromatic heterocycles. The fourth-order valence-electron chi connectivity index (χ4n) is 3.24. The molecule has 0 radical (unpaired) electrons. The van der Waals surface area contributed by atoms with E-state index in [-0.39, 0.29) is 17.6 Å². The van der Waals surface area contributed by atoms with Crippen LogP contribution in [0.4, 0.5) is 11.5 Å². The Morgan fingerprint density at radius 3 is 2.81 bits per heavy atom. The monoisotopic (exact) mass is 352 g/mol. The summed E-state index contributed by atoms with van der Waals surface area (Å²) in [6.07, 6.45) is 3.05. The van der Waals surface area contributed by atoms with Gasteiger partial charge in [0.15, 0.2) is 5.65 Å². The molecule has 1 saturated heterocycles. The Morgan fingerprint density at radius 1 is 1.23 bits per heavy atom. The lowest BCUT2D eigenvalue weighted by Gasteiger charge is -2.32. The number of hydrogen-bond acceptors (Lipinski definition) is 6. The van der Waals surface area contributed by atoms with Crippen molar-refractivity contribution >= 4 is 23.1 Å². The van der Waals surface area contributed by atoms with Gasteiger partial charge in [-0.1, -0.05) is 6.07 Å². The van der Waals surface area contributed by atoms with Crippen molar-refractivity contribution in [3.8, 4) is 5.75 Å². The largest absolute Gasteiger partial charge is 0.506 e. The summed E-state index contributed by atoms with van der Waals surface area (Å²) < 4.78 is 1.65. The molecule has 0 aliphatic carbocycles. The Morgan fingerprint density at radius 2 is 2.04 bits per heavy atom. The van der Waals surface area contributed by atoms with E-state index in [1.54, 1.807) is 23.0 Å². The minimum atomic E-state index is -0.0782. The lowest BCUT2D eigenvalue weighted by molar-refractivity contribution is -0.120. The number of anilines is 2. The molecule has 1 amide bonds. The highest BCUT2D eigenvalue weighted by molar-refractivity contribution is 5.94. The predicted octanol–water partition coefficient (Wildman–Crippen LogP) is 1.99. The molecular formula is C18H20N6O2. The molecule has 1 aliphatic rings. The van der Waals surface area contributed by atoms with Gasteiger partial charge in [-0.05, 0) is 49.6 Å². The van der Waals surface area contributed by atoms with Crippen LogP contribution in [0.2, 0.25) is 0 Å². The number of rotatable bonds is 3. The van der Waals surface area contributed by atoms with E-state index in [4.69, 9.17) is 0 Å². The number of aromatic nitrogens is 4. The highest BCUT2D eigenvalue weighted by atomic mass is 16.3. The summed E-state index contributed by atoms with van der Waals surface area (Å²) >= 11 is 0. The van der Waals surface area contributed by atoms with Gasteiger partial charge in [-0.25, -0.2) is 0 Å². The first-order valence-electron chi connectivity index (χ1n) is 8.62. The van der Waals surface area contributed by atoms with Crippen LogP contribution in [0.5, 0.6) is 5.75 Å². The van der Waals surface area contributed by atoms with Crippen LogP contribution in [0.25, 0.3) is 5.65 Å². The number of fused-ring (bicyclic) bond motifs is 1. The first-order valence-corrected chi connectivity index (χ1v) is 8.62. The van der Waals surface area contributed by atoms with Gasteiger partial charge in [0, 0.05) is 19.0 Å². The van der Waals surface area contributed by atoms with Crippen molar-refractivity contribution in [2.45, 2.75) is 19.8 Å². The molecule has 3 heterocycles. The van der Waals surface area contributed by atoms with Crippen molar-refractivity contribution in [1.82, 2.24) is 19.8 Å². The maximum absolute atomic E-state index is 12.5. The Bertz CT molecular complexity index is 946. The SMILES string of the molecule is Cc1ccc(NC(=O)C2CCN(c3ccc4nncn4n3)CC2)c(O)c1. The van der Waals surface area contributed by atoms with Crippen molar-refractivity contribution in [3.63, 3.8) is 0 Å². The molecule has 1 aliphatic heterocycles. The van der Waals surface area contributed by atoms with Gasteiger partial charge in [0.05, 0.1) is 5.69 Å². The van der Waals surface area contributed by atoms with Crippen LogP contribution < -0.4 is 10.2 Å². The van der Waals surface area contributed by atoms with E-state index in [1.807, 2.05) is 25.1 Å². The van der Waals surface area contributed by atoms with Crippen molar-refractivity contribution in [3.05, 3.63) is 42.2 Å². The molecule has 0 bridgehead atoms. The number of phenols is 1. The summed E-state index contributed by atoms with van der Waals surface area (Å²) in [6, 6.07) is 9.05. The van der Waals surface area contributed by atoms with Gasteiger partial charge >= 0.3 is 0 Å². The third kappa shape index (κ3) is 3.17. The fraction of sp³-hybridized carbons (Fsp3) is 0.333. The number of hydrogen-bond donors (Lipinski definition) is 2. The Kier molecular flexibility index (Phi) is 4.16. The van der Waals surface area contributed by atoms with Crippen LogP contribution in [0, 0.1) is 12.8 Å². The highest BCUT2D eigenvalue weighted by Crippen LogP contribution is 2.27. The number of aromatic hydroxyl groups is 1. The number of carbonyl (C=O) groups is 1. The molecule has 0 spiro atoms. The summed E-state index contributed by atoms with van der Waals surface area (Å²) in [5.74, 6) is 0.825. The van der Waals surface area contributed by atoms with E-state index in [9.17, 15) is 9.90 Å². The van der Waals surface area contributed by atoms with E-state index in [0.29, 0.717) is 11.3 Å². The minimum Gasteiger partial charge on any atom is -0.506 e. The normalized spacial score (nSPS) is 15.3. The third-order valence-corrected chi connectivity index (χ3v) is 4.75. The van der Waals surface area contributed by atoms with Gasteiger partial charge in [-0.2, -0.15) is 4.52 Å². The molecule has 8 nitrogen and oxygen atoms in total. The second-order valence-corrected chi connectivity index (χ2v) is 6.60. The van der Waals surface area contributed by atoms with Crippen molar-refractivity contribution < 1.29 is 9.90 Å². The maximum atomic E-state index is 12.5. The predicted molar refractivity (Wildman–Crippen MR) is 97.2 cm³/mol. The van der Waals surface area contributed by atoms with Crippen LogP contribution >= 0.6 is 0 Å². The molecule has 8 heteroatoms. The van der Waals surface area contributed by atoms with E-state index >= 15 is 0 Å². The number of nitrogens with zero attached hydrogens (tertiary/aromatic N) is 5. The zero-order valence-corrected chi connectivity index (χ0v) is 14.5. The van der Waals surface area contributed by atoms with E-state index < -0.39 is 0 Å². The van der Waals surface area contributed by atoms with Crippen LogP contribution in [0.15, 0.2) is 36.7 Å². The third-order valence-electron chi connectivity index (χ3n) is 4.75. The van der Waals surface area contributed by atoms with Crippen molar-refractivity contribution in [2.24, 2.45) is 5.92 Å². The van der Waals surface area contributed by atoms with Gasteiger partial charge in [0.1, 0.15) is 17.9 Å². The highest BCUT2D eigenvalue weighted by Gasteiger charge is 2.26. The summed E-state index contributed by atoms with van der Waals surface area (Å²) in [5, 5.41) is 25.1. The number of benzene rings is 1. The van der Waals surface area contributed by atoms with E-state index in [2.05, 4.69) is 25.5 Å². The van der Waals surface area contributed by atoms with E-state index in [0.717, 1.165) is 37.3 Å². The number of phenolic OH excluding ortho intramolecular Hbond substituents is 1. The standard InChI is InChI=1S/C18H20N6O2/c1-12-2-3-14(15(25)10-12)20-18(26)13-6-8-23(9-7-13)17-5-4-16-21-19-11-24(16)22-17/h2-5,10-11,13,25H,6-9H2,1H3,(H,20,26). The topological polar surface area (TPSA) is 95.7 Å².